The number of hydrogen-bond acceptors (Lipinski definition) is 4. The topological polar surface area (TPSA) is 64.7 Å². The van der Waals surface area contributed by atoms with Crippen LogP contribution in [-0.4, -0.2) is 15.0 Å². The third kappa shape index (κ3) is 2.01. The van der Waals surface area contributed by atoms with Gasteiger partial charge in [0, 0.05) is 23.5 Å². The van der Waals surface area contributed by atoms with Crippen molar-refractivity contribution in [1.29, 1.82) is 0 Å². The lowest BCUT2D eigenvalue weighted by Gasteiger charge is -2.10. The van der Waals surface area contributed by atoms with Gasteiger partial charge in [0.2, 0.25) is 0 Å². The number of hydrogen-bond donors (Lipinski definition) is 1. The number of nitrogens with zero attached hydrogens (tertiary/aromatic N) is 3. The first-order chi connectivity index (χ1) is 9.29. The van der Waals surface area contributed by atoms with Crippen molar-refractivity contribution in [2.75, 3.05) is 5.73 Å². The molecule has 0 bridgehead atoms. The summed E-state index contributed by atoms with van der Waals surface area (Å²) in [5.41, 5.74) is 10.6. The highest BCUT2D eigenvalue weighted by Crippen LogP contribution is 2.29. The molecule has 0 spiro atoms. The van der Waals surface area contributed by atoms with E-state index in [-0.39, 0.29) is 0 Å². The molecule has 3 rings (SSSR count). The van der Waals surface area contributed by atoms with Gasteiger partial charge in [-0.05, 0) is 24.6 Å². The van der Waals surface area contributed by atoms with Crippen LogP contribution in [0.5, 0.6) is 0 Å². The van der Waals surface area contributed by atoms with Crippen LogP contribution in [-0.2, 0) is 6.42 Å². The van der Waals surface area contributed by atoms with Crippen molar-refractivity contribution in [3.63, 3.8) is 0 Å². The van der Waals surface area contributed by atoms with Crippen LogP contribution in [0.25, 0.3) is 22.2 Å². The monoisotopic (exact) mass is 250 g/mol. The lowest BCUT2D eigenvalue weighted by atomic mass is 10.0. The van der Waals surface area contributed by atoms with Gasteiger partial charge < -0.3 is 5.73 Å². The van der Waals surface area contributed by atoms with Gasteiger partial charge in [-0.3, -0.25) is 9.97 Å². The summed E-state index contributed by atoms with van der Waals surface area (Å²) in [4.78, 5) is 13.2. The van der Waals surface area contributed by atoms with Crippen molar-refractivity contribution < 1.29 is 0 Å². The normalized spacial score (nSPS) is 10.8. The van der Waals surface area contributed by atoms with Gasteiger partial charge in [0.1, 0.15) is 5.82 Å². The van der Waals surface area contributed by atoms with Gasteiger partial charge in [-0.25, -0.2) is 4.98 Å². The van der Waals surface area contributed by atoms with Crippen LogP contribution >= 0.6 is 0 Å². The van der Waals surface area contributed by atoms with E-state index in [9.17, 15) is 0 Å². The first-order valence-electron chi connectivity index (χ1n) is 6.25. The first kappa shape index (κ1) is 11.6. The molecular formula is C15H14N4. The van der Waals surface area contributed by atoms with Gasteiger partial charge in [-0.2, -0.15) is 0 Å². The highest BCUT2D eigenvalue weighted by Gasteiger charge is 2.10. The minimum Gasteiger partial charge on any atom is -0.384 e. The Morgan fingerprint density at radius 1 is 1.00 bits per heavy atom. The Bertz CT molecular complexity index is 732. The van der Waals surface area contributed by atoms with Crippen LogP contribution in [0.2, 0.25) is 0 Å². The average molecular weight is 250 g/mol. The number of anilines is 1. The number of pyridine rings is 1. The van der Waals surface area contributed by atoms with Crippen molar-refractivity contribution >= 4 is 16.9 Å². The molecule has 0 atom stereocenters. The number of benzene rings is 1. The maximum Gasteiger partial charge on any atom is 0.123 e. The molecule has 94 valence electrons. The zero-order valence-corrected chi connectivity index (χ0v) is 10.7. The van der Waals surface area contributed by atoms with Gasteiger partial charge in [0.15, 0.2) is 0 Å². The number of nitrogens with two attached hydrogens (primary N) is 1. The lowest BCUT2D eigenvalue weighted by molar-refractivity contribution is 1.04. The highest BCUT2D eigenvalue weighted by atomic mass is 14.8. The number of para-hydroxylation sites is 1. The molecule has 1 aromatic carbocycles. The molecule has 19 heavy (non-hydrogen) atoms. The van der Waals surface area contributed by atoms with E-state index in [4.69, 9.17) is 5.73 Å². The van der Waals surface area contributed by atoms with Crippen molar-refractivity contribution in [3.8, 4) is 11.1 Å². The predicted octanol–water partition coefficient (Wildman–Crippen LogP) is 2.84. The summed E-state index contributed by atoms with van der Waals surface area (Å²) in [7, 11) is 0. The molecule has 4 heteroatoms. The Morgan fingerprint density at radius 3 is 2.68 bits per heavy atom. The molecule has 0 fully saturated rings. The SMILES string of the molecule is CCc1nc(N)ccc1-c1cccc2nccnc12. The second-order valence-corrected chi connectivity index (χ2v) is 4.31. The van der Waals surface area contributed by atoms with Gasteiger partial charge in [0.05, 0.1) is 16.7 Å². The summed E-state index contributed by atoms with van der Waals surface area (Å²) in [6.45, 7) is 2.07. The molecule has 0 aliphatic carbocycles. The van der Waals surface area contributed by atoms with Crippen molar-refractivity contribution in [2.45, 2.75) is 13.3 Å². The molecule has 0 amide bonds. The summed E-state index contributed by atoms with van der Waals surface area (Å²) in [5.74, 6) is 0.548. The number of fused-ring (bicyclic) bond motifs is 1. The van der Waals surface area contributed by atoms with E-state index >= 15 is 0 Å². The lowest BCUT2D eigenvalue weighted by Crippen LogP contribution is -1.98. The second-order valence-electron chi connectivity index (χ2n) is 4.31. The number of rotatable bonds is 2. The second kappa shape index (κ2) is 4.65. The van der Waals surface area contributed by atoms with Crippen molar-refractivity contribution in [2.24, 2.45) is 0 Å². The smallest absolute Gasteiger partial charge is 0.123 e. The molecular weight excluding hydrogens is 236 g/mol. The van der Waals surface area contributed by atoms with E-state index in [1.54, 1.807) is 12.4 Å². The summed E-state index contributed by atoms with van der Waals surface area (Å²) >= 11 is 0. The fourth-order valence-corrected chi connectivity index (χ4v) is 2.24. The third-order valence-electron chi connectivity index (χ3n) is 3.12. The van der Waals surface area contributed by atoms with Gasteiger partial charge in [-0.15, -0.1) is 0 Å². The van der Waals surface area contributed by atoms with Crippen LogP contribution in [0.4, 0.5) is 5.82 Å². The zero-order chi connectivity index (χ0) is 13.2. The van der Waals surface area contributed by atoms with E-state index in [1.165, 1.54) is 0 Å². The van der Waals surface area contributed by atoms with Gasteiger partial charge in [0.25, 0.3) is 0 Å². The first-order valence-corrected chi connectivity index (χ1v) is 6.25. The maximum absolute atomic E-state index is 5.75. The summed E-state index contributed by atoms with van der Waals surface area (Å²) in [6.07, 6.45) is 4.24. The predicted molar refractivity (Wildman–Crippen MR) is 76.6 cm³/mol. The van der Waals surface area contributed by atoms with Crippen LogP contribution in [0.3, 0.4) is 0 Å². The molecule has 2 aromatic heterocycles. The quantitative estimate of drug-likeness (QED) is 0.759. The Kier molecular flexibility index (Phi) is 2.83. The maximum atomic E-state index is 5.75. The minimum atomic E-state index is 0.548. The summed E-state index contributed by atoms with van der Waals surface area (Å²) < 4.78 is 0. The Labute approximate surface area is 111 Å². The molecule has 0 aliphatic rings. The van der Waals surface area contributed by atoms with Crippen LogP contribution < -0.4 is 5.73 Å². The number of aryl methyl sites for hydroxylation is 1. The Morgan fingerprint density at radius 2 is 1.84 bits per heavy atom. The van der Waals surface area contributed by atoms with Crippen LogP contribution in [0.15, 0.2) is 42.7 Å². The Balaban J connectivity index is 2.30. The molecule has 0 unspecified atom stereocenters. The molecule has 2 N–H and O–H groups in total. The van der Waals surface area contributed by atoms with E-state index < -0.39 is 0 Å². The standard InChI is InChI=1S/C15H14N4/c1-2-12-10(6-7-14(16)19-12)11-4-3-5-13-15(11)18-9-8-17-13/h3-9H,2H2,1H3,(H2,16,19). The van der Waals surface area contributed by atoms with Crippen molar-refractivity contribution in [1.82, 2.24) is 15.0 Å². The summed E-state index contributed by atoms with van der Waals surface area (Å²) in [5, 5.41) is 0. The fraction of sp³-hybridized carbons (Fsp3) is 0.133. The van der Waals surface area contributed by atoms with E-state index in [0.29, 0.717) is 5.82 Å². The average Bonchev–Trinajstić information content (AvgIpc) is 2.46. The number of aromatic nitrogens is 3. The van der Waals surface area contributed by atoms with E-state index in [1.807, 2.05) is 30.3 Å². The van der Waals surface area contributed by atoms with Gasteiger partial charge >= 0.3 is 0 Å². The number of nitrogen functional groups attached to an aromatic ring is 1. The molecule has 0 radical (unpaired) electrons. The third-order valence-corrected chi connectivity index (χ3v) is 3.12. The Hall–Kier alpha value is -2.49. The molecule has 0 aliphatic heterocycles. The minimum absolute atomic E-state index is 0.548. The van der Waals surface area contributed by atoms with Crippen LogP contribution in [0.1, 0.15) is 12.6 Å². The molecule has 0 saturated heterocycles. The summed E-state index contributed by atoms with van der Waals surface area (Å²) in [6, 6.07) is 9.82. The molecule has 4 nitrogen and oxygen atoms in total. The van der Waals surface area contributed by atoms with Gasteiger partial charge in [-0.1, -0.05) is 19.1 Å². The zero-order valence-electron chi connectivity index (χ0n) is 10.7. The van der Waals surface area contributed by atoms with E-state index in [2.05, 4.69) is 21.9 Å². The van der Waals surface area contributed by atoms with Crippen LogP contribution in [0, 0.1) is 0 Å². The molecule has 0 saturated carbocycles. The molecule has 3 aromatic rings. The highest BCUT2D eigenvalue weighted by molar-refractivity contribution is 5.92. The van der Waals surface area contributed by atoms with E-state index in [0.717, 1.165) is 34.3 Å². The molecule has 2 heterocycles. The van der Waals surface area contributed by atoms with Crippen molar-refractivity contribution in [3.05, 3.63) is 48.4 Å². The fourth-order valence-electron chi connectivity index (χ4n) is 2.24. The largest absolute Gasteiger partial charge is 0.384 e.